The first-order valence-electron chi connectivity index (χ1n) is 8.42. The molecular formula is C20H18N2O3. The first kappa shape index (κ1) is 15.5. The number of hydrogen-bond donors (Lipinski definition) is 0. The van der Waals surface area contributed by atoms with Crippen LogP contribution in [-0.4, -0.2) is 24.1 Å². The second-order valence-electron chi connectivity index (χ2n) is 6.30. The van der Waals surface area contributed by atoms with Gasteiger partial charge in [-0.05, 0) is 48.2 Å². The Hall–Kier alpha value is -3.00. The number of carbonyl (C=O) groups excluding carboxylic acids is 1. The van der Waals surface area contributed by atoms with Crippen LogP contribution in [0.3, 0.4) is 0 Å². The predicted octanol–water partition coefficient (Wildman–Crippen LogP) is 3.46. The molecule has 0 spiro atoms. The molecular weight excluding hydrogens is 316 g/mol. The largest absolute Gasteiger partial charge is 0.454 e. The van der Waals surface area contributed by atoms with Gasteiger partial charge in [0.1, 0.15) is 0 Å². The van der Waals surface area contributed by atoms with E-state index in [2.05, 4.69) is 6.07 Å². The van der Waals surface area contributed by atoms with Gasteiger partial charge in [0.25, 0.3) is 5.91 Å². The van der Waals surface area contributed by atoms with Gasteiger partial charge in [0.15, 0.2) is 11.5 Å². The average molecular weight is 334 g/mol. The lowest BCUT2D eigenvalue weighted by Gasteiger charge is -2.25. The molecule has 4 rings (SSSR count). The monoisotopic (exact) mass is 334 g/mol. The number of nitriles is 1. The van der Waals surface area contributed by atoms with Crippen LogP contribution in [0.1, 0.15) is 40.4 Å². The van der Waals surface area contributed by atoms with Crippen molar-refractivity contribution in [3.63, 3.8) is 0 Å². The fourth-order valence-corrected chi connectivity index (χ4v) is 3.55. The number of ether oxygens (including phenoxy) is 2. The summed E-state index contributed by atoms with van der Waals surface area (Å²) in [6.07, 6.45) is 2.22. The minimum atomic E-state index is 0.0138. The molecule has 0 unspecified atom stereocenters. The van der Waals surface area contributed by atoms with Crippen molar-refractivity contribution in [1.82, 2.24) is 4.90 Å². The minimum Gasteiger partial charge on any atom is -0.454 e. The lowest BCUT2D eigenvalue weighted by Crippen LogP contribution is -2.30. The maximum atomic E-state index is 13.0. The SMILES string of the molecule is N#CCc1cccc(C(=O)N2CCC[C@H]2c2ccc3c(c2)OCO3)c1. The van der Waals surface area contributed by atoms with Gasteiger partial charge in [-0.3, -0.25) is 4.79 Å². The molecule has 2 aromatic rings. The van der Waals surface area contributed by atoms with Gasteiger partial charge in [0.05, 0.1) is 18.5 Å². The van der Waals surface area contributed by atoms with Crippen LogP contribution in [-0.2, 0) is 6.42 Å². The van der Waals surface area contributed by atoms with Crippen LogP contribution < -0.4 is 9.47 Å². The Morgan fingerprint density at radius 2 is 2.08 bits per heavy atom. The van der Waals surface area contributed by atoms with Gasteiger partial charge < -0.3 is 14.4 Å². The summed E-state index contributed by atoms with van der Waals surface area (Å²) in [5.41, 5.74) is 2.58. The number of nitrogens with zero attached hydrogens (tertiary/aromatic N) is 2. The van der Waals surface area contributed by atoms with Gasteiger partial charge in [0, 0.05) is 12.1 Å². The van der Waals surface area contributed by atoms with Gasteiger partial charge in [-0.15, -0.1) is 0 Å². The number of likely N-dealkylation sites (tertiary alicyclic amines) is 1. The summed E-state index contributed by atoms with van der Waals surface area (Å²) in [5, 5.41) is 8.86. The Bertz CT molecular complexity index is 856. The third kappa shape index (κ3) is 2.91. The molecule has 0 saturated carbocycles. The first-order valence-corrected chi connectivity index (χ1v) is 8.42. The number of fused-ring (bicyclic) bond motifs is 1. The number of amides is 1. The Balaban J connectivity index is 1.60. The van der Waals surface area contributed by atoms with Crippen LogP contribution in [0.4, 0.5) is 0 Å². The zero-order chi connectivity index (χ0) is 17.2. The second kappa shape index (κ2) is 6.48. The third-order valence-electron chi connectivity index (χ3n) is 4.75. The van der Waals surface area contributed by atoms with Crippen LogP contribution in [0.2, 0.25) is 0 Å². The lowest BCUT2D eigenvalue weighted by atomic mass is 10.0. The number of carbonyl (C=O) groups is 1. The summed E-state index contributed by atoms with van der Waals surface area (Å²) < 4.78 is 10.8. The van der Waals surface area contributed by atoms with Crippen molar-refractivity contribution in [2.75, 3.05) is 13.3 Å². The Labute approximate surface area is 146 Å². The Kier molecular flexibility index (Phi) is 4.02. The molecule has 0 radical (unpaired) electrons. The molecule has 5 nitrogen and oxygen atoms in total. The lowest BCUT2D eigenvalue weighted by molar-refractivity contribution is 0.0735. The molecule has 5 heteroatoms. The molecule has 2 aliphatic rings. The molecule has 1 fully saturated rings. The van der Waals surface area contributed by atoms with Crippen molar-refractivity contribution >= 4 is 5.91 Å². The molecule has 126 valence electrons. The van der Waals surface area contributed by atoms with Crippen LogP contribution >= 0.6 is 0 Å². The highest BCUT2D eigenvalue weighted by Crippen LogP contribution is 2.39. The number of benzene rings is 2. The fourth-order valence-electron chi connectivity index (χ4n) is 3.55. The van der Waals surface area contributed by atoms with Gasteiger partial charge in [0.2, 0.25) is 6.79 Å². The smallest absolute Gasteiger partial charge is 0.254 e. The van der Waals surface area contributed by atoms with Gasteiger partial charge in [-0.1, -0.05) is 18.2 Å². The fraction of sp³-hybridized carbons (Fsp3) is 0.300. The van der Waals surface area contributed by atoms with E-state index >= 15 is 0 Å². The molecule has 1 atom stereocenters. The van der Waals surface area contributed by atoms with Crippen molar-refractivity contribution in [3.05, 3.63) is 59.2 Å². The zero-order valence-electron chi connectivity index (χ0n) is 13.8. The van der Waals surface area contributed by atoms with Crippen molar-refractivity contribution < 1.29 is 14.3 Å². The molecule has 0 N–H and O–H groups in total. The molecule has 0 bridgehead atoms. The van der Waals surface area contributed by atoms with Crippen LogP contribution in [0.5, 0.6) is 11.5 Å². The van der Waals surface area contributed by atoms with Crippen molar-refractivity contribution in [3.8, 4) is 17.6 Å². The Morgan fingerprint density at radius 3 is 2.96 bits per heavy atom. The van der Waals surface area contributed by atoms with Crippen LogP contribution in [0.15, 0.2) is 42.5 Å². The van der Waals surface area contributed by atoms with E-state index in [0.29, 0.717) is 12.0 Å². The number of rotatable bonds is 3. The van der Waals surface area contributed by atoms with Gasteiger partial charge in [-0.2, -0.15) is 5.26 Å². The average Bonchev–Trinajstić information content (AvgIpc) is 3.30. The maximum Gasteiger partial charge on any atom is 0.254 e. The van der Waals surface area contributed by atoms with Crippen molar-refractivity contribution in [1.29, 1.82) is 5.26 Å². The van der Waals surface area contributed by atoms with Gasteiger partial charge in [-0.25, -0.2) is 0 Å². The summed E-state index contributed by atoms with van der Waals surface area (Å²) in [7, 11) is 0. The molecule has 2 aliphatic heterocycles. The highest BCUT2D eigenvalue weighted by atomic mass is 16.7. The molecule has 1 saturated heterocycles. The quantitative estimate of drug-likeness (QED) is 0.862. The molecule has 0 aliphatic carbocycles. The third-order valence-corrected chi connectivity index (χ3v) is 4.75. The van der Waals surface area contributed by atoms with E-state index in [1.54, 1.807) is 0 Å². The summed E-state index contributed by atoms with van der Waals surface area (Å²) >= 11 is 0. The summed E-state index contributed by atoms with van der Waals surface area (Å²) in [6.45, 7) is 0.984. The van der Waals surface area contributed by atoms with Crippen LogP contribution in [0, 0.1) is 11.3 Å². The maximum absolute atomic E-state index is 13.0. The van der Waals surface area contributed by atoms with E-state index in [9.17, 15) is 4.79 Å². The molecule has 2 heterocycles. The van der Waals surface area contributed by atoms with Crippen LogP contribution in [0.25, 0.3) is 0 Å². The highest BCUT2D eigenvalue weighted by molar-refractivity contribution is 5.95. The summed E-state index contributed by atoms with van der Waals surface area (Å²) in [6, 6.07) is 15.4. The minimum absolute atomic E-state index is 0.0138. The molecule has 0 aromatic heterocycles. The van der Waals surface area contributed by atoms with E-state index in [4.69, 9.17) is 14.7 Å². The standard InChI is InChI=1S/C20H18N2O3/c21-9-8-14-3-1-4-16(11-14)20(23)22-10-2-5-17(22)15-6-7-18-19(12-15)25-13-24-18/h1,3-4,6-7,11-12,17H,2,5,8,10,13H2/t17-/m0/s1. The summed E-state index contributed by atoms with van der Waals surface area (Å²) in [5.74, 6) is 1.51. The first-order chi connectivity index (χ1) is 12.3. The second-order valence-corrected chi connectivity index (χ2v) is 6.30. The highest BCUT2D eigenvalue weighted by Gasteiger charge is 2.31. The predicted molar refractivity (Wildman–Crippen MR) is 91.3 cm³/mol. The number of hydrogen-bond acceptors (Lipinski definition) is 4. The van der Waals surface area contributed by atoms with E-state index < -0.39 is 0 Å². The summed E-state index contributed by atoms with van der Waals surface area (Å²) in [4.78, 5) is 14.9. The van der Waals surface area contributed by atoms with Crippen molar-refractivity contribution in [2.45, 2.75) is 25.3 Å². The van der Waals surface area contributed by atoms with Crippen molar-refractivity contribution in [2.24, 2.45) is 0 Å². The van der Waals surface area contributed by atoms with E-state index in [1.807, 2.05) is 47.4 Å². The normalized spacial score (nSPS) is 18.2. The Morgan fingerprint density at radius 1 is 1.20 bits per heavy atom. The van der Waals surface area contributed by atoms with Gasteiger partial charge >= 0.3 is 0 Å². The molecule has 2 aromatic carbocycles. The molecule has 1 amide bonds. The molecule has 25 heavy (non-hydrogen) atoms. The van der Waals surface area contributed by atoms with E-state index in [1.165, 1.54) is 0 Å². The topological polar surface area (TPSA) is 62.6 Å². The van der Waals surface area contributed by atoms with E-state index in [-0.39, 0.29) is 18.7 Å². The zero-order valence-corrected chi connectivity index (χ0v) is 13.8. The van der Waals surface area contributed by atoms with E-state index in [0.717, 1.165) is 42.0 Å².